The molecule has 0 amide bonds. The second-order valence-electron chi connectivity index (χ2n) is 2.99. The van der Waals surface area contributed by atoms with Crippen molar-refractivity contribution in [2.45, 2.75) is 18.2 Å². The van der Waals surface area contributed by atoms with Crippen molar-refractivity contribution in [3.05, 3.63) is 11.8 Å². The molecule has 0 fully saturated rings. The molecule has 1 heterocycles. The van der Waals surface area contributed by atoms with Gasteiger partial charge in [-0.2, -0.15) is 21.6 Å². The smallest absolute Gasteiger partial charge is 0.381 e. The van der Waals surface area contributed by atoms with Gasteiger partial charge in [-0.3, -0.25) is 5.32 Å². The fourth-order valence-corrected chi connectivity index (χ4v) is 1.58. The summed E-state index contributed by atoms with van der Waals surface area (Å²) >= 11 is 0. The van der Waals surface area contributed by atoms with Crippen molar-refractivity contribution in [3.8, 4) is 0 Å². The lowest BCUT2D eigenvalue weighted by atomic mass is 10.2. The Morgan fingerprint density at radius 2 is 2.12 bits per heavy atom. The van der Waals surface area contributed by atoms with Crippen molar-refractivity contribution < 1.29 is 30.5 Å². The predicted molar refractivity (Wildman–Crippen MR) is 47.6 cm³/mol. The minimum absolute atomic E-state index is 0.0776. The Morgan fingerprint density at radius 1 is 1.50 bits per heavy atom. The monoisotopic (exact) mass is 261 g/mol. The number of methoxy groups -OCH3 is 1. The lowest BCUT2D eigenvalue weighted by Crippen LogP contribution is -2.36. The Bertz CT molecular complexity index is 376. The summed E-state index contributed by atoms with van der Waals surface area (Å²) in [4.78, 5) is 0. The van der Waals surface area contributed by atoms with E-state index < -0.39 is 21.9 Å². The van der Waals surface area contributed by atoms with Crippen LogP contribution in [-0.4, -0.2) is 33.8 Å². The molecule has 0 bridgehead atoms. The minimum atomic E-state index is -5.58. The summed E-state index contributed by atoms with van der Waals surface area (Å²) in [5.41, 5.74) is -5.42. The van der Waals surface area contributed by atoms with E-state index in [1.165, 1.54) is 13.2 Å². The zero-order chi connectivity index (χ0) is 12.4. The van der Waals surface area contributed by atoms with Crippen LogP contribution in [0.15, 0.2) is 11.8 Å². The first-order chi connectivity index (χ1) is 7.26. The molecule has 16 heavy (non-hydrogen) atoms. The molecular weight excluding hydrogens is 251 g/mol. The first-order valence-corrected chi connectivity index (χ1v) is 5.63. The first-order valence-electron chi connectivity index (χ1n) is 4.22. The van der Waals surface area contributed by atoms with E-state index in [1.54, 1.807) is 0 Å². The van der Waals surface area contributed by atoms with Crippen molar-refractivity contribution in [2.75, 3.05) is 13.7 Å². The Morgan fingerprint density at radius 3 is 2.62 bits per heavy atom. The highest BCUT2D eigenvalue weighted by Crippen LogP contribution is 2.28. The van der Waals surface area contributed by atoms with Gasteiger partial charge in [-0.15, -0.1) is 0 Å². The Labute approximate surface area is 90.3 Å². The molecule has 0 spiro atoms. The van der Waals surface area contributed by atoms with Crippen LogP contribution in [0.2, 0.25) is 0 Å². The molecule has 0 aromatic rings. The maximum Gasteiger partial charge on any atom is 0.534 e. The van der Waals surface area contributed by atoms with E-state index in [9.17, 15) is 21.6 Å². The summed E-state index contributed by atoms with van der Waals surface area (Å²) in [5, 5.41) is 2.77. The van der Waals surface area contributed by atoms with Crippen LogP contribution in [-0.2, 0) is 19.0 Å². The third-order valence-corrected chi connectivity index (χ3v) is 2.85. The number of rotatable bonds is 3. The Hall–Kier alpha value is -0.800. The minimum Gasteiger partial charge on any atom is -0.381 e. The van der Waals surface area contributed by atoms with E-state index in [2.05, 4.69) is 9.50 Å². The van der Waals surface area contributed by atoms with E-state index in [0.717, 1.165) is 0 Å². The second-order valence-corrected chi connectivity index (χ2v) is 4.53. The molecule has 1 aliphatic heterocycles. The van der Waals surface area contributed by atoms with E-state index >= 15 is 0 Å². The van der Waals surface area contributed by atoms with Gasteiger partial charge in [0.05, 0.1) is 0 Å². The van der Waals surface area contributed by atoms with Crippen LogP contribution in [0.4, 0.5) is 13.2 Å². The molecule has 0 aromatic carbocycles. The largest absolute Gasteiger partial charge is 0.534 e. The van der Waals surface area contributed by atoms with Gasteiger partial charge in [0.1, 0.15) is 12.0 Å². The van der Waals surface area contributed by atoms with E-state index in [1.807, 2.05) is 0 Å². The summed E-state index contributed by atoms with van der Waals surface area (Å²) in [6, 6.07) is 0. The van der Waals surface area contributed by atoms with Gasteiger partial charge in [-0.05, 0) is 6.08 Å². The van der Waals surface area contributed by atoms with Crippen molar-refractivity contribution in [2.24, 2.45) is 0 Å². The van der Waals surface area contributed by atoms with Gasteiger partial charge in [-0.25, -0.2) is 0 Å². The van der Waals surface area contributed by atoms with Gasteiger partial charge >= 0.3 is 15.6 Å². The van der Waals surface area contributed by atoms with Gasteiger partial charge in [0, 0.05) is 20.1 Å². The molecule has 1 unspecified atom stereocenters. The second kappa shape index (κ2) is 4.60. The van der Waals surface area contributed by atoms with Crippen LogP contribution in [0.5, 0.6) is 0 Å². The average Bonchev–Trinajstić information content (AvgIpc) is 2.15. The average molecular weight is 261 g/mol. The maximum atomic E-state index is 12.0. The molecular formula is C7H10F3NO4S. The lowest BCUT2D eigenvalue weighted by Gasteiger charge is -2.22. The number of halogens is 3. The SMILES string of the molecule is COC1CC(OS(=O)(=O)C(F)(F)F)=CCN1. The molecule has 9 heteroatoms. The summed E-state index contributed by atoms with van der Waals surface area (Å²) in [6.07, 6.45) is 0.591. The highest BCUT2D eigenvalue weighted by molar-refractivity contribution is 7.87. The quantitative estimate of drug-likeness (QED) is 0.598. The topological polar surface area (TPSA) is 64.6 Å². The van der Waals surface area contributed by atoms with Crippen molar-refractivity contribution in [3.63, 3.8) is 0 Å². The molecule has 1 N–H and O–H groups in total. The van der Waals surface area contributed by atoms with Crippen LogP contribution in [0.25, 0.3) is 0 Å². The predicted octanol–water partition coefficient (Wildman–Crippen LogP) is 0.702. The summed E-state index contributed by atoms with van der Waals surface area (Å²) in [7, 11) is -4.23. The maximum absolute atomic E-state index is 12.0. The van der Waals surface area contributed by atoms with Crippen LogP contribution >= 0.6 is 0 Å². The third kappa shape index (κ3) is 3.09. The fraction of sp³-hybridized carbons (Fsp3) is 0.714. The molecule has 1 aliphatic rings. The van der Waals surface area contributed by atoms with Crippen LogP contribution in [0.1, 0.15) is 6.42 Å². The molecule has 0 aliphatic carbocycles. The molecule has 94 valence electrons. The molecule has 1 rings (SSSR count). The number of hydrogen-bond donors (Lipinski definition) is 1. The van der Waals surface area contributed by atoms with Gasteiger partial charge in [0.25, 0.3) is 0 Å². The van der Waals surface area contributed by atoms with Gasteiger partial charge in [0.2, 0.25) is 0 Å². The van der Waals surface area contributed by atoms with Crippen molar-refractivity contribution in [1.82, 2.24) is 5.32 Å². The summed E-state index contributed by atoms with van der Waals surface area (Å²) in [6.45, 7) is 0.182. The molecule has 0 aromatic heterocycles. The number of nitrogens with one attached hydrogen (secondary N) is 1. The summed E-state index contributed by atoms with van der Waals surface area (Å²) in [5.74, 6) is -0.275. The first kappa shape index (κ1) is 13.3. The van der Waals surface area contributed by atoms with Crippen LogP contribution in [0.3, 0.4) is 0 Å². The highest BCUT2D eigenvalue weighted by atomic mass is 32.2. The van der Waals surface area contributed by atoms with Gasteiger partial charge in [0.15, 0.2) is 0 Å². The third-order valence-electron chi connectivity index (χ3n) is 1.85. The Kier molecular flexibility index (Phi) is 3.81. The highest BCUT2D eigenvalue weighted by Gasteiger charge is 2.49. The van der Waals surface area contributed by atoms with Crippen LogP contribution < -0.4 is 5.32 Å². The standard InChI is InChI=1S/C7H10F3NO4S/c1-14-6-4-5(2-3-11-6)15-16(12,13)7(8,9)10/h2,6,11H,3-4H2,1H3. The number of hydrogen-bond acceptors (Lipinski definition) is 5. The van der Waals surface area contributed by atoms with Gasteiger partial charge in [-0.1, -0.05) is 0 Å². The van der Waals surface area contributed by atoms with E-state index in [-0.39, 0.29) is 18.7 Å². The summed E-state index contributed by atoms with van der Waals surface area (Å²) < 4.78 is 66.1. The lowest BCUT2D eigenvalue weighted by molar-refractivity contribution is -0.0530. The van der Waals surface area contributed by atoms with E-state index in [0.29, 0.717) is 0 Å². The zero-order valence-corrected chi connectivity index (χ0v) is 9.06. The molecule has 1 atom stereocenters. The molecule has 5 nitrogen and oxygen atoms in total. The van der Waals surface area contributed by atoms with Crippen molar-refractivity contribution >= 4 is 10.1 Å². The van der Waals surface area contributed by atoms with Gasteiger partial charge < -0.3 is 8.92 Å². The van der Waals surface area contributed by atoms with Crippen molar-refractivity contribution in [1.29, 1.82) is 0 Å². The number of ether oxygens (including phenoxy) is 1. The Balaban J connectivity index is 2.72. The normalized spacial score (nSPS) is 22.8. The molecule has 0 saturated heterocycles. The van der Waals surface area contributed by atoms with E-state index in [4.69, 9.17) is 4.74 Å². The van der Waals surface area contributed by atoms with Crippen LogP contribution in [0, 0.1) is 0 Å². The number of alkyl halides is 3. The zero-order valence-electron chi connectivity index (χ0n) is 8.24. The molecule has 0 radical (unpaired) electrons. The fourth-order valence-electron chi connectivity index (χ4n) is 1.07. The molecule has 0 saturated carbocycles.